The Kier molecular flexibility index (Phi) is 2.79. The average molecular weight is 209 g/mol. The van der Waals surface area contributed by atoms with Gasteiger partial charge in [0.2, 0.25) is 0 Å². The third-order valence-electron chi connectivity index (χ3n) is 2.55. The number of aliphatic hydroxyl groups excluding tert-OH is 1. The van der Waals surface area contributed by atoms with E-state index in [9.17, 15) is 0 Å². The highest BCUT2D eigenvalue weighted by Gasteiger charge is 2.24. The number of nitrogens with one attached hydrogen (secondary N) is 1. The monoisotopic (exact) mass is 209 g/mol. The van der Waals surface area contributed by atoms with E-state index in [2.05, 4.69) is 5.32 Å². The van der Waals surface area contributed by atoms with E-state index in [1.165, 1.54) is 0 Å². The molecule has 1 aliphatic rings. The van der Waals surface area contributed by atoms with Crippen LogP contribution in [0.1, 0.15) is 18.5 Å². The highest BCUT2D eigenvalue weighted by molar-refractivity contribution is 5.43. The summed E-state index contributed by atoms with van der Waals surface area (Å²) in [7, 11) is 1.64. The lowest BCUT2D eigenvalue weighted by Crippen LogP contribution is -2.42. The molecule has 0 fully saturated rings. The molecule has 2 rings (SSSR count). The third-order valence-corrected chi connectivity index (χ3v) is 2.55. The van der Waals surface area contributed by atoms with Gasteiger partial charge >= 0.3 is 0 Å². The average Bonchev–Trinajstić information content (AvgIpc) is 2.28. The second kappa shape index (κ2) is 4.08. The van der Waals surface area contributed by atoms with E-state index in [1.54, 1.807) is 7.11 Å². The third kappa shape index (κ3) is 1.91. The number of hydrogen-bond donors (Lipinski definition) is 2. The molecule has 0 bridgehead atoms. The highest BCUT2D eigenvalue weighted by Crippen LogP contribution is 2.33. The maximum absolute atomic E-state index is 9.02. The fraction of sp³-hybridized carbons (Fsp3) is 0.455. The molecular weight excluding hydrogens is 194 g/mol. The minimum absolute atomic E-state index is 0.0319. The molecule has 1 aromatic rings. The van der Waals surface area contributed by atoms with E-state index in [1.807, 2.05) is 25.1 Å². The Morgan fingerprint density at radius 3 is 3.00 bits per heavy atom. The Balaban J connectivity index is 2.32. The predicted octanol–water partition coefficient (Wildman–Crippen LogP) is 1.06. The lowest BCUT2D eigenvalue weighted by molar-refractivity contribution is 0.0645. The Labute approximate surface area is 88.8 Å². The number of rotatable bonds is 2. The van der Waals surface area contributed by atoms with Crippen LogP contribution in [-0.2, 0) is 0 Å². The van der Waals surface area contributed by atoms with Crippen molar-refractivity contribution in [2.45, 2.75) is 19.2 Å². The van der Waals surface area contributed by atoms with Gasteiger partial charge in [-0.3, -0.25) is 5.32 Å². The lowest BCUT2D eigenvalue weighted by atomic mass is 10.1. The lowest BCUT2D eigenvalue weighted by Gasteiger charge is -2.30. The first-order valence-electron chi connectivity index (χ1n) is 4.96. The van der Waals surface area contributed by atoms with Crippen molar-refractivity contribution in [2.24, 2.45) is 0 Å². The Morgan fingerprint density at radius 1 is 1.53 bits per heavy atom. The van der Waals surface area contributed by atoms with Crippen molar-refractivity contribution < 1.29 is 14.6 Å². The quantitative estimate of drug-likeness (QED) is 0.764. The molecule has 0 saturated carbocycles. The highest BCUT2D eigenvalue weighted by atomic mass is 16.5. The van der Waals surface area contributed by atoms with Gasteiger partial charge in [-0.2, -0.15) is 0 Å². The number of aliphatic hydroxyl groups is 1. The van der Waals surface area contributed by atoms with E-state index in [0.29, 0.717) is 0 Å². The van der Waals surface area contributed by atoms with Crippen LogP contribution in [-0.4, -0.2) is 25.1 Å². The first-order valence-corrected chi connectivity index (χ1v) is 4.96. The zero-order valence-corrected chi connectivity index (χ0v) is 8.86. The van der Waals surface area contributed by atoms with E-state index >= 15 is 0 Å². The molecule has 0 amide bonds. The predicted molar refractivity (Wildman–Crippen MR) is 56.0 cm³/mol. The van der Waals surface area contributed by atoms with Crippen molar-refractivity contribution in [3.05, 3.63) is 23.8 Å². The van der Waals surface area contributed by atoms with Gasteiger partial charge in [-0.25, -0.2) is 0 Å². The van der Waals surface area contributed by atoms with Gasteiger partial charge in [0.1, 0.15) is 11.5 Å². The molecule has 0 radical (unpaired) electrons. The molecule has 82 valence electrons. The minimum Gasteiger partial charge on any atom is -0.497 e. The summed E-state index contributed by atoms with van der Waals surface area (Å²) < 4.78 is 10.7. The van der Waals surface area contributed by atoms with Gasteiger partial charge < -0.3 is 14.6 Å². The van der Waals surface area contributed by atoms with Crippen LogP contribution in [0.4, 0.5) is 0 Å². The molecule has 2 atom stereocenters. The number of methoxy groups -OCH3 is 1. The van der Waals surface area contributed by atoms with Crippen molar-refractivity contribution in [1.82, 2.24) is 5.32 Å². The molecule has 1 aliphatic heterocycles. The molecule has 2 N–H and O–H groups in total. The summed E-state index contributed by atoms with van der Waals surface area (Å²) >= 11 is 0. The normalized spacial score (nSPS) is 24.2. The zero-order valence-electron chi connectivity index (χ0n) is 8.86. The molecule has 1 heterocycles. The smallest absolute Gasteiger partial charge is 0.173 e. The first-order chi connectivity index (χ1) is 7.24. The fourth-order valence-corrected chi connectivity index (χ4v) is 1.75. The standard InChI is InChI=1S/C11H15NO3/c1-7-9-5-8(14-2)3-4-10(9)15-11(6-13)12-7/h3-5,7,11-13H,6H2,1-2H3. The number of ether oxygens (including phenoxy) is 2. The Morgan fingerprint density at radius 2 is 2.33 bits per heavy atom. The largest absolute Gasteiger partial charge is 0.497 e. The van der Waals surface area contributed by atoms with Crippen LogP contribution in [0.2, 0.25) is 0 Å². The number of benzene rings is 1. The second-order valence-corrected chi connectivity index (χ2v) is 3.58. The van der Waals surface area contributed by atoms with Gasteiger partial charge in [-0.05, 0) is 25.1 Å². The van der Waals surface area contributed by atoms with Crippen LogP contribution in [0.15, 0.2) is 18.2 Å². The van der Waals surface area contributed by atoms with Crippen molar-refractivity contribution in [1.29, 1.82) is 0 Å². The molecule has 0 aromatic heterocycles. The summed E-state index contributed by atoms with van der Waals surface area (Å²) in [6, 6.07) is 5.82. The summed E-state index contributed by atoms with van der Waals surface area (Å²) in [5.74, 6) is 1.62. The summed E-state index contributed by atoms with van der Waals surface area (Å²) in [5.41, 5.74) is 1.05. The minimum atomic E-state index is -0.319. The summed E-state index contributed by atoms with van der Waals surface area (Å²) in [6.07, 6.45) is -0.319. The van der Waals surface area contributed by atoms with E-state index < -0.39 is 0 Å². The van der Waals surface area contributed by atoms with Crippen molar-refractivity contribution in [3.63, 3.8) is 0 Å². The SMILES string of the molecule is COc1ccc2c(c1)C(C)NC(CO)O2. The van der Waals surface area contributed by atoms with Gasteiger partial charge in [0, 0.05) is 11.6 Å². The summed E-state index contributed by atoms with van der Waals surface area (Å²) in [5, 5.41) is 12.2. The van der Waals surface area contributed by atoms with Crippen LogP contribution in [0.25, 0.3) is 0 Å². The van der Waals surface area contributed by atoms with Crippen molar-refractivity contribution in [3.8, 4) is 11.5 Å². The van der Waals surface area contributed by atoms with Gasteiger partial charge in [-0.1, -0.05) is 0 Å². The van der Waals surface area contributed by atoms with Gasteiger partial charge in [-0.15, -0.1) is 0 Å². The number of hydrogen-bond acceptors (Lipinski definition) is 4. The molecule has 0 aliphatic carbocycles. The van der Waals surface area contributed by atoms with Gasteiger partial charge in [0.05, 0.1) is 13.7 Å². The second-order valence-electron chi connectivity index (χ2n) is 3.58. The van der Waals surface area contributed by atoms with Gasteiger partial charge in [0.15, 0.2) is 6.23 Å². The fourth-order valence-electron chi connectivity index (χ4n) is 1.75. The first kappa shape index (κ1) is 10.3. The van der Waals surface area contributed by atoms with E-state index in [-0.39, 0.29) is 18.9 Å². The molecule has 2 unspecified atom stereocenters. The van der Waals surface area contributed by atoms with Crippen LogP contribution >= 0.6 is 0 Å². The molecule has 0 saturated heterocycles. The van der Waals surface area contributed by atoms with Crippen LogP contribution < -0.4 is 14.8 Å². The topological polar surface area (TPSA) is 50.7 Å². The molecule has 4 nitrogen and oxygen atoms in total. The van der Waals surface area contributed by atoms with Gasteiger partial charge in [0.25, 0.3) is 0 Å². The van der Waals surface area contributed by atoms with Crippen molar-refractivity contribution >= 4 is 0 Å². The maximum Gasteiger partial charge on any atom is 0.173 e. The zero-order chi connectivity index (χ0) is 10.8. The van der Waals surface area contributed by atoms with Crippen LogP contribution in [0.5, 0.6) is 11.5 Å². The summed E-state index contributed by atoms with van der Waals surface area (Å²) in [4.78, 5) is 0. The van der Waals surface area contributed by atoms with E-state index in [0.717, 1.165) is 17.1 Å². The van der Waals surface area contributed by atoms with Crippen LogP contribution in [0.3, 0.4) is 0 Å². The Bertz CT molecular complexity index is 354. The molecule has 0 spiro atoms. The van der Waals surface area contributed by atoms with Crippen molar-refractivity contribution in [2.75, 3.05) is 13.7 Å². The number of fused-ring (bicyclic) bond motifs is 1. The maximum atomic E-state index is 9.02. The summed E-state index contributed by atoms with van der Waals surface area (Å²) in [6.45, 7) is 2.00. The molecule has 1 aromatic carbocycles. The Hall–Kier alpha value is -1.26. The molecular formula is C11H15NO3. The van der Waals surface area contributed by atoms with E-state index in [4.69, 9.17) is 14.6 Å². The molecule has 4 heteroatoms. The van der Waals surface area contributed by atoms with Crippen LogP contribution in [0, 0.1) is 0 Å². The molecule has 15 heavy (non-hydrogen) atoms.